The van der Waals surface area contributed by atoms with Gasteiger partial charge in [0.05, 0.1) is 6.61 Å². The molecule has 0 aromatic heterocycles. The van der Waals surface area contributed by atoms with Gasteiger partial charge in [-0.2, -0.15) is 0 Å². The minimum absolute atomic E-state index is 0.234. The highest BCUT2D eigenvalue weighted by molar-refractivity contribution is 5.20. The van der Waals surface area contributed by atoms with Gasteiger partial charge in [-0.1, -0.05) is 31.1 Å². The van der Waals surface area contributed by atoms with Gasteiger partial charge < -0.3 is 5.11 Å². The number of aliphatic hydroxyl groups excluding tert-OH is 1. The van der Waals surface area contributed by atoms with E-state index in [1.54, 1.807) is 0 Å². The molecule has 0 aromatic rings. The molecule has 1 aliphatic carbocycles. The maximum Gasteiger partial charge on any atom is 0.0647 e. The Morgan fingerprint density at radius 3 is 2.46 bits per heavy atom. The van der Waals surface area contributed by atoms with Crippen LogP contribution in [0, 0.1) is 5.92 Å². The summed E-state index contributed by atoms with van der Waals surface area (Å²) < 4.78 is 0. The standard InChI is InChI=1S/C12H20O/c1-3-10(2)7-8-12(9-13)11-5-4-6-11/h7-8,11,13H,3-6,9H2,1-2H3/b10-7+,12-8-. The van der Waals surface area contributed by atoms with Crippen molar-refractivity contribution in [3.8, 4) is 0 Å². The SMILES string of the molecule is CC/C(C)=C/C=C(/CO)C1CCC1. The maximum atomic E-state index is 9.15. The first-order valence-corrected chi connectivity index (χ1v) is 5.25. The lowest BCUT2D eigenvalue weighted by Crippen LogP contribution is -2.15. The summed E-state index contributed by atoms with van der Waals surface area (Å²) in [5, 5.41) is 9.15. The fourth-order valence-electron chi connectivity index (χ4n) is 1.46. The minimum atomic E-state index is 0.234. The molecule has 0 radical (unpaired) electrons. The molecule has 1 nitrogen and oxygen atoms in total. The summed E-state index contributed by atoms with van der Waals surface area (Å²) >= 11 is 0. The van der Waals surface area contributed by atoms with Crippen molar-refractivity contribution in [1.82, 2.24) is 0 Å². The van der Waals surface area contributed by atoms with Gasteiger partial charge in [0.2, 0.25) is 0 Å². The summed E-state index contributed by atoms with van der Waals surface area (Å²) in [5.74, 6) is 0.672. The number of hydrogen-bond acceptors (Lipinski definition) is 1. The molecule has 0 amide bonds. The molecule has 1 fully saturated rings. The van der Waals surface area contributed by atoms with Crippen LogP contribution in [0.4, 0.5) is 0 Å². The molecule has 0 atom stereocenters. The fourth-order valence-corrected chi connectivity index (χ4v) is 1.46. The largest absolute Gasteiger partial charge is 0.392 e. The summed E-state index contributed by atoms with van der Waals surface area (Å²) in [6.45, 7) is 4.52. The Bertz CT molecular complexity index is 209. The first-order valence-electron chi connectivity index (χ1n) is 5.25. The topological polar surface area (TPSA) is 20.2 Å². The molecule has 1 N–H and O–H groups in total. The second kappa shape index (κ2) is 5.23. The average molecular weight is 180 g/mol. The smallest absolute Gasteiger partial charge is 0.0647 e. The van der Waals surface area contributed by atoms with Gasteiger partial charge in [-0.25, -0.2) is 0 Å². The van der Waals surface area contributed by atoms with Gasteiger partial charge in [0.15, 0.2) is 0 Å². The molecule has 13 heavy (non-hydrogen) atoms. The van der Waals surface area contributed by atoms with Crippen LogP contribution in [0.2, 0.25) is 0 Å². The Kier molecular flexibility index (Phi) is 4.23. The van der Waals surface area contributed by atoms with Crippen LogP contribution < -0.4 is 0 Å². The van der Waals surface area contributed by atoms with E-state index in [-0.39, 0.29) is 6.61 Å². The lowest BCUT2D eigenvalue weighted by atomic mass is 9.79. The van der Waals surface area contributed by atoms with Gasteiger partial charge in [-0.05, 0) is 37.7 Å². The van der Waals surface area contributed by atoms with E-state index < -0.39 is 0 Å². The highest BCUT2D eigenvalue weighted by Crippen LogP contribution is 2.32. The quantitative estimate of drug-likeness (QED) is 0.659. The predicted molar refractivity (Wildman–Crippen MR) is 56.6 cm³/mol. The fraction of sp³-hybridized carbons (Fsp3) is 0.667. The van der Waals surface area contributed by atoms with Crippen LogP contribution in [0.5, 0.6) is 0 Å². The van der Waals surface area contributed by atoms with E-state index in [1.165, 1.54) is 30.4 Å². The molecule has 0 saturated heterocycles. The molecule has 1 saturated carbocycles. The second-order valence-electron chi connectivity index (χ2n) is 3.89. The normalized spacial score (nSPS) is 20.2. The predicted octanol–water partition coefficient (Wildman–Crippen LogP) is 3.06. The van der Waals surface area contributed by atoms with Crippen molar-refractivity contribution >= 4 is 0 Å². The Labute approximate surface area is 81.2 Å². The van der Waals surface area contributed by atoms with E-state index in [2.05, 4.69) is 26.0 Å². The Balaban J connectivity index is 2.53. The number of aliphatic hydroxyl groups is 1. The molecule has 0 aromatic carbocycles. The molecule has 74 valence electrons. The molecule has 0 aliphatic heterocycles. The summed E-state index contributed by atoms with van der Waals surface area (Å²) in [4.78, 5) is 0. The molecular weight excluding hydrogens is 160 g/mol. The number of rotatable bonds is 4. The Hall–Kier alpha value is -0.560. The molecular formula is C12H20O. The zero-order valence-corrected chi connectivity index (χ0v) is 8.71. The number of allylic oxidation sites excluding steroid dienone is 3. The van der Waals surface area contributed by atoms with Crippen molar-refractivity contribution < 1.29 is 5.11 Å². The first-order chi connectivity index (χ1) is 6.27. The highest BCUT2D eigenvalue weighted by atomic mass is 16.3. The molecule has 0 bridgehead atoms. The van der Waals surface area contributed by atoms with Gasteiger partial charge in [0, 0.05) is 0 Å². The van der Waals surface area contributed by atoms with Crippen LogP contribution >= 0.6 is 0 Å². The number of hydrogen-bond donors (Lipinski definition) is 1. The van der Waals surface area contributed by atoms with Crippen molar-refractivity contribution in [2.24, 2.45) is 5.92 Å². The van der Waals surface area contributed by atoms with E-state index >= 15 is 0 Å². The van der Waals surface area contributed by atoms with E-state index in [9.17, 15) is 0 Å². The first kappa shape index (κ1) is 10.5. The Morgan fingerprint density at radius 2 is 2.08 bits per heavy atom. The third-order valence-electron chi connectivity index (χ3n) is 2.95. The van der Waals surface area contributed by atoms with Crippen LogP contribution in [0.25, 0.3) is 0 Å². The van der Waals surface area contributed by atoms with Gasteiger partial charge in [0.1, 0.15) is 0 Å². The van der Waals surface area contributed by atoms with E-state index in [0.717, 1.165) is 6.42 Å². The van der Waals surface area contributed by atoms with Gasteiger partial charge in [-0.3, -0.25) is 0 Å². The van der Waals surface area contributed by atoms with E-state index in [1.807, 2.05) is 0 Å². The third kappa shape index (κ3) is 3.00. The summed E-state index contributed by atoms with van der Waals surface area (Å²) in [5.41, 5.74) is 2.60. The second-order valence-corrected chi connectivity index (χ2v) is 3.89. The van der Waals surface area contributed by atoms with Crippen molar-refractivity contribution in [2.45, 2.75) is 39.5 Å². The van der Waals surface area contributed by atoms with E-state index in [0.29, 0.717) is 5.92 Å². The lowest BCUT2D eigenvalue weighted by molar-refractivity contribution is 0.277. The van der Waals surface area contributed by atoms with Crippen LogP contribution in [0.1, 0.15) is 39.5 Å². The summed E-state index contributed by atoms with van der Waals surface area (Å²) in [6.07, 6.45) is 9.22. The summed E-state index contributed by atoms with van der Waals surface area (Å²) in [7, 11) is 0. The minimum Gasteiger partial charge on any atom is -0.392 e. The molecule has 0 spiro atoms. The van der Waals surface area contributed by atoms with Crippen molar-refractivity contribution in [3.63, 3.8) is 0 Å². The lowest BCUT2D eigenvalue weighted by Gasteiger charge is -2.27. The molecule has 0 heterocycles. The van der Waals surface area contributed by atoms with Crippen molar-refractivity contribution in [3.05, 3.63) is 23.3 Å². The molecule has 1 rings (SSSR count). The maximum absolute atomic E-state index is 9.15. The molecule has 1 aliphatic rings. The third-order valence-corrected chi connectivity index (χ3v) is 2.95. The summed E-state index contributed by atoms with van der Waals surface area (Å²) in [6, 6.07) is 0. The van der Waals surface area contributed by atoms with Crippen LogP contribution in [0.3, 0.4) is 0 Å². The zero-order valence-electron chi connectivity index (χ0n) is 8.71. The van der Waals surface area contributed by atoms with Crippen molar-refractivity contribution in [1.29, 1.82) is 0 Å². The van der Waals surface area contributed by atoms with Crippen molar-refractivity contribution in [2.75, 3.05) is 6.61 Å². The van der Waals surface area contributed by atoms with Crippen LogP contribution in [0.15, 0.2) is 23.3 Å². The highest BCUT2D eigenvalue weighted by Gasteiger charge is 2.20. The average Bonchev–Trinajstić information content (AvgIpc) is 2.08. The van der Waals surface area contributed by atoms with Crippen LogP contribution in [-0.4, -0.2) is 11.7 Å². The zero-order chi connectivity index (χ0) is 9.68. The Morgan fingerprint density at radius 1 is 1.38 bits per heavy atom. The molecule has 0 unspecified atom stereocenters. The monoisotopic (exact) mass is 180 g/mol. The molecule has 1 heteroatoms. The van der Waals surface area contributed by atoms with Gasteiger partial charge in [-0.15, -0.1) is 0 Å². The van der Waals surface area contributed by atoms with Gasteiger partial charge >= 0.3 is 0 Å². The van der Waals surface area contributed by atoms with Crippen LogP contribution in [-0.2, 0) is 0 Å². The van der Waals surface area contributed by atoms with E-state index in [4.69, 9.17) is 5.11 Å². The van der Waals surface area contributed by atoms with Gasteiger partial charge in [0.25, 0.3) is 0 Å².